The molecule has 2 amide bonds. The van der Waals surface area contributed by atoms with Crippen molar-refractivity contribution in [2.45, 2.75) is 6.42 Å². The average Bonchev–Trinajstić information content (AvgIpc) is 3.14. The van der Waals surface area contributed by atoms with E-state index in [4.69, 9.17) is 4.74 Å². The van der Waals surface area contributed by atoms with Crippen LogP contribution in [0.1, 0.15) is 16.8 Å². The highest BCUT2D eigenvalue weighted by Gasteiger charge is 2.36. The molecule has 146 valence electrons. The number of carbonyl (C=O) groups is 3. The third-order valence-electron chi connectivity index (χ3n) is 5.14. The molecule has 6 nitrogen and oxygen atoms in total. The van der Waals surface area contributed by atoms with E-state index in [-0.39, 0.29) is 23.8 Å². The largest absolute Gasteiger partial charge is 0.465 e. The maximum atomic E-state index is 12.8. The van der Waals surface area contributed by atoms with Gasteiger partial charge in [0.1, 0.15) is 0 Å². The SMILES string of the molecule is COC(=O)c1ccccc1NC(=O)[C@H]1CC(=O)N(c2cccc3ccccc23)C1. The summed E-state index contributed by atoms with van der Waals surface area (Å²) in [6.45, 7) is 0.291. The molecule has 6 heteroatoms. The Hall–Kier alpha value is -3.67. The Morgan fingerprint density at radius 3 is 2.55 bits per heavy atom. The lowest BCUT2D eigenvalue weighted by Crippen LogP contribution is -2.28. The number of amides is 2. The molecular weight excluding hydrogens is 368 g/mol. The van der Waals surface area contributed by atoms with Crippen LogP contribution in [0.15, 0.2) is 66.7 Å². The van der Waals surface area contributed by atoms with Gasteiger partial charge >= 0.3 is 5.97 Å². The van der Waals surface area contributed by atoms with Crippen LogP contribution in [0.5, 0.6) is 0 Å². The van der Waals surface area contributed by atoms with E-state index in [0.717, 1.165) is 16.5 Å². The zero-order chi connectivity index (χ0) is 20.4. The van der Waals surface area contributed by atoms with E-state index in [1.54, 1.807) is 29.2 Å². The topological polar surface area (TPSA) is 75.7 Å². The number of rotatable bonds is 4. The molecule has 4 rings (SSSR count). The van der Waals surface area contributed by atoms with E-state index in [1.165, 1.54) is 7.11 Å². The minimum atomic E-state index is -0.527. The third kappa shape index (κ3) is 3.57. The van der Waals surface area contributed by atoms with E-state index >= 15 is 0 Å². The van der Waals surface area contributed by atoms with Crippen molar-refractivity contribution in [3.05, 3.63) is 72.3 Å². The van der Waals surface area contributed by atoms with Gasteiger partial charge in [-0.3, -0.25) is 9.59 Å². The third-order valence-corrected chi connectivity index (χ3v) is 5.14. The molecule has 1 heterocycles. The summed E-state index contributed by atoms with van der Waals surface area (Å²) in [6, 6.07) is 20.3. The Morgan fingerprint density at radius 2 is 1.72 bits per heavy atom. The molecule has 0 unspecified atom stereocenters. The molecule has 1 aliphatic heterocycles. The summed E-state index contributed by atoms with van der Waals surface area (Å²) < 4.78 is 4.76. The van der Waals surface area contributed by atoms with Gasteiger partial charge in [-0.2, -0.15) is 0 Å². The Labute approximate surface area is 168 Å². The van der Waals surface area contributed by atoms with Gasteiger partial charge in [-0.05, 0) is 23.6 Å². The second-order valence-corrected chi connectivity index (χ2v) is 6.93. The fourth-order valence-corrected chi connectivity index (χ4v) is 3.67. The number of benzene rings is 3. The molecule has 1 N–H and O–H groups in total. The number of esters is 1. The molecule has 0 saturated carbocycles. The van der Waals surface area contributed by atoms with E-state index in [1.807, 2.05) is 42.5 Å². The molecular formula is C23H20N2O4. The lowest BCUT2D eigenvalue weighted by atomic mass is 10.1. The lowest BCUT2D eigenvalue weighted by Gasteiger charge is -2.19. The van der Waals surface area contributed by atoms with Gasteiger partial charge in [-0.15, -0.1) is 0 Å². The van der Waals surface area contributed by atoms with Crippen molar-refractivity contribution in [2.75, 3.05) is 23.9 Å². The highest BCUT2D eigenvalue weighted by atomic mass is 16.5. The maximum absolute atomic E-state index is 12.8. The van der Waals surface area contributed by atoms with Crippen LogP contribution in [-0.4, -0.2) is 31.4 Å². The predicted octanol–water partition coefficient (Wildman–Crippen LogP) is 3.62. The fraction of sp³-hybridized carbons (Fsp3) is 0.174. The summed E-state index contributed by atoms with van der Waals surface area (Å²) in [5.74, 6) is -1.42. The second kappa shape index (κ2) is 7.75. The van der Waals surface area contributed by atoms with Crippen LogP contribution in [0, 0.1) is 5.92 Å². The zero-order valence-electron chi connectivity index (χ0n) is 15.9. The number of para-hydroxylation sites is 1. The number of hydrogen-bond donors (Lipinski definition) is 1. The zero-order valence-corrected chi connectivity index (χ0v) is 15.9. The van der Waals surface area contributed by atoms with Crippen molar-refractivity contribution in [1.29, 1.82) is 0 Å². The molecule has 1 saturated heterocycles. The first-order chi connectivity index (χ1) is 14.1. The summed E-state index contributed by atoms with van der Waals surface area (Å²) in [5.41, 5.74) is 1.46. The Balaban J connectivity index is 1.56. The number of nitrogens with zero attached hydrogens (tertiary/aromatic N) is 1. The predicted molar refractivity (Wildman–Crippen MR) is 111 cm³/mol. The molecule has 0 radical (unpaired) electrons. The lowest BCUT2D eigenvalue weighted by molar-refractivity contribution is -0.122. The molecule has 1 fully saturated rings. The van der Waals surface area contributed by atoms with E-state index in [9.17, 15) is 14.4 Å². The monoisotopic (exact) mass is 388 g/mol. The van der Waals surface area contributed by atoms with Gasteiger partial charge in [0.2, 0.25) is 11.8 Å². The smallest absolute Gasteiger partial charge is 0.339 e. The van der Waals surface area contributed by atoms with Gasteiger partial charge in [-0.1, -0.05) is 48.5 Å². The van der Waals surface area contributed by atoms with Gasteiger partial charge in [-0.25, -0.2) is 4.79 Å². The summed E-state index contributed by atoms with van der Waals surface area (Å²) in [7, 11) is 1.29. The van der Waals surface area contributed by atoms with Crippen molar-refractivity contribution in [2.24, 2.45) is 5.92 Å². The minimum Gasteiger partial charge on any atom is -0.465 e. The fourth-order valence-electron chi connectivity index (χ4n) is 3.67. The molecule has 0 spiro atoms. The van der Waals surface area contributed by atoms with Crippen molar-refractivity contribution in [3.8, 4) is 0 Å². The van der Waals surface area contributed by atoms with Gasteiger partial charge in [0, 0.05) is 18.4 Å². The first kappa shape index (κ1) is 18.7. The summed E-state index contributed by atoms with van der Waals surface area (Å²) in [4.78, 5) is 39.1. The summed E-state index contributed by atoms with van der Waals surface area (Å²) in [6.07, 6.45) is 0.120. The van der Waals surface area contributed by atoms with Crippen LogP contribution in [-0.2, 0) is 14.3 Å². The number of methoxy groups -OCH3 is 1. The van der Waals surface area contributed by atoms with Crippen molar-refractivity contribution >= 4 is 39.9 Å². The van der Waals surface area contributed by atoms with Crippen LogP contribution >= 0.6 is 0 Å². The number of hydrogen-bond acceptors (Lipinski definition) is 4. The van der Waals surface area contributed by atoms with Crippen molar-refractivity contribution < 1.29 is 19.1 Å². The summed E-state index contributed by atoms with van der Waals surface area (Å²) >= 11 is 0. The molecule has 29 heavy (non-hydrogen) atoms. The van der Waals surface area contributed by atoms with E-state index < -0.39 is 11.9 Å². The Kier molecular flexibility index (Phi) is 4.99. The molecule has 3 aromatic carbocycles. The Morgan fingerprint density at radius 1 is 1.00 bits per heavy atom. The normalized spacial score (nSPS) is 16.1. The number of anilines is 2. The molecule has 3 aromatic rings. The molecule has 0 aromatic heterocycles. The van der Waals surface area contributed by atoms with Crippen LogP contribution < -0.4 is 10.2 Å². The summed E-state index contributed by atoms with van der Waals surface area (Å²) in [5, 5.41) is 4.79. The first-order valence-corrected chi connectivity index (χ1v) is 9.35. The number of nitrogens with one attached hydrogen (secondary N) is 1. The molecule has 0 aliphatic carbocycles. The Bertz CT molecular complexity index is 1100. The van der Waals surface area contributed by atoms with E-state index in [0.29, 0.717) is 12.2 Å². The number of fused-ring (bicyclic) bond motifs is 1. The average molecular weight is 388 g/mol. The quantitative estimate of drug-likeness (QED) is 0.693. The second-order valence-electron chi connectivity index (χ2n) is 6.93. The molecule has 0 bridgehead atoms. The van der Waals surface area contributed by atoms with E-state index in [2.05, 4.69) is 5.32 Å². The minimum absolute atomic E-state index is 0.0947. The standard InChI is InChI=1S/C23H20N2O4/c1-29-23(28)18-10-4-5-11-19(18)24-22(27)16-13-21(26)25(14-16)20-12-6-8-15-7-2-3-9-17(15)20/h2-12,16H,13-14H2,1H3,(H,24,27)/t16-/m0/s1. The van der Waals surface area contributed by atoms with Crippen LogP contribution in [0.4, 0.5) is 11.4 Å². The van der Waals surface area contributed by atoms with Gasteiger partial charge in [0.15, 0.2) is 0 Å². The maximum Gasteiger partial charge on any atom is 0.339 e. The van der Waals surface area contributed by atoms with Crippen LogP contribution in [0.25, 0.3) is 10.8 Å². The van der Waals surface area contributed by atoms with Gasteiger partial charge in [0.05, 0.1) is 30.0 Å². The highest BCUT2D eigenvalue weighted by molar-refractivity contribution is 6.09. The van der Waals surface area contributed by atoms with Gasteiger partial charge in [0.25, 0.3) is 0 Å². The van der Waals surface area contributed by atoms with Gasteiger partial charge < -0.3 is 15.0 Å². The van der Waals surface area contributed by atoms with Crippen molar-refractivity contribution in [3.63, 3.8) is 0 Å². The van der Waals surface area contributed by atoms with Crippen molar-refractivity contribution in [1.82, 2.24) is 0 Å². The number of carbonyl (C=O) groups excluding carboxylic acids is 3. The molecule has 1 atom stereocenters. The first-order valence-electron chi connectivity index (χ1n) is 9.35. The number of ether oxygens (including phenoxy) is 1. The van der Waals surface area contributed by atoms with Crippen LogP contribution in [0.2, 0.25) is 0 Å². The van der Waals surface area contributed by atoms with Crippen LogP contribution in [0.3, 0.4) is 0 Å². The highest BCUT2D eigenvalue weighted by Crippen LogP contribution is 2.32. The molecule has 1 aliphatic rings.